The Hall–Kier alpha value is -1.16. The summed E-state index contributed by atoms with van der Waals surface area (Å²) in [5, 5.41) is 0. The smallest absolute Gasteiger partial charge is 0.253 e. The van der Waals surface area contributed by atoms with Gasteiger partial charge in [0.1, 0.15) is 0 Å². The molecule has 0 aromatic rings. The lowest BCUT2D eigenvalue weighted by molar-refractivity contribution is -0.139. The molecule has 2 atom stereocenters. The van der Waals surface area contributed by atoms with Crippen molar-refractivity contribution in [3.8, 4) is 0 Å². The normalized spacial score (nSPS) is 33.5. The summed E-state index contributed by atoms with van der Waals surface area (Å²) < 4.78 is 0. The second-order valence-corrected chi connectivity index (χ2v) is 3.61. The maximum absolute atomic E-state index is 11.3. The molecule has 2 unspecified atom stereocenters. The Kier molecular flexibility index (Phi) is 1.92. The average Bonchev–Trinajstić information content (AvgIpc) is 2.60. The molecule has 2 amide bonds. The molecule has 1 fully saturated rings. The minimum absolute atomic E-state index is 0.0324. The van der Waals surface area contributed by atoms with Crippen LogP contribution >= 0.6 is 0 Å². The molecule has 0 radical (unpaired) electrons. The molecule has 1 aliphatic heterocycles. The monoisotopic (exact) mass is 180 g/mol. The zero-order valence-corrected chi connectivity index (χ0v) is 7.27. The molecule has 2 N–H and O–H groups in total. The van der Waals surface area contributed by atoms with Crippen LogP contribution in [0.1, 0.15) is 19.3 Å². The van der Waals surface area contributed by atoms with Crippen LogP contribution in [0.3, 0.4) is 0 Å². The van der Waals surface area contributed by atoms with Crippen LogP contribution in [-0.4, -0.2) is 28.8 Å². The van der Waals surface area contributed by atoms with Crippen LogP contribution in [0.15, 0.2) is 12.2 Å². The summed E-state index contributed by atoms with van der Waals surface area (Å²) in [7, 11) is 0. The number of imide groups is 1. The van der Waals surface area contributed by atoms with Gasteiger partial charge < -0.3 is 5.73 Å². The van der Waals surface area contributed by atoms with Gasteiger partial charge in [0.15, 0.2) is 0 Å². The summed E-state index contributed by atoms with van der Waals surface area (Å²) in [5.41, 5.74) is 5.71. The first-order valence-electron chi connectivity index (χ1n) is 4.49. The van der Waals surface area contributed by atoms with E-state index >= 15 is 0 Å². The fourth-order valence-corrected chi connectivity index (χ4v) is 2.00. The first kappa shape index (κ1) is 8.44. The van der Waals surface area contributed by atoms with Crippen molar-refractivity contribution in [2.45, 2.75) is 31.3 Å². The van der Waals surface area contributed by atoms with Crippen LogP contribution in [-0.2, 0) is 9.59 Å². The Morgan fingerprint density at radius 2 is 1.85 bits per heavy atom. The van der Waals surface area contributed by atoms with E-state index in [0.717, 1.165) is 19.3 Å². The number of nitrogens with zero attached hydrogens (tertiary/aromatic N) is 1. The van der Waals surface area contributed by atoms with Crippen molar-refractivity contribution in [3.63, 3.8) is 0 Å². The summed E-state index contributed by atoms with van der Waals surface area (Å²) in [6.07, 6.45) is 5.15. The molecule has 1 heterocycles. The van der Waals surface area contributed by atoms with Gasteiger partial charge in [-0.3, -0.25) is 14.5 Å². The highest BCUT2D eigenvalue weighted by molar-refractivity contribution is 6.13. The van der Waals surface area contributed by atoms with Gasteiger partial charge >= 0.3 is 0 Å². The third kappa shape index (κ3) is 1.37. The van der Waals surface area contributed by atoms with Gasteiger partial charge in [0, 0.05) is 24.2 Å². The number of rotatable bonds is 1. The third-order valence-corrected chi connectivity index (χ3v) is 2.65. The molecule has 13 heavy (non-hydrogen) atoms. The molecule has 4 nitrogen and oxygen atoms in total. The summed E-state index contributed by atoms with van der Waals surface area (Å²) in [6.45, 7) is 0. The molecular weight excluding hydrogens is 168 g/mol. The van der Waals surface area contributed by atoms with Gasteiger partial charge in [0.25, 0.3) is 11.8 Å². The van der Waals surface area contributed by atoms with Crippen LogP contribution in [0.2, 0.25) is 0 Å². The second-order valence-electron chi connectivity index (χ2n) is 3.61. The van der Waals surface area contributed by atoms with Gasteiger partial charge in [0.2, 0.25) is 0 Å². The van der Waals surface area contributed by atoms with Crippen molar-refractivity contribution in [1.82, 2.24) is 4.90 Å². The minimum atomic E-state index is -0.191. The summed E-state index contributed by atoms with van der Waals surface area (Å²) in [6, 6.07) is 0.177. The highest BCUT2D eigenvalue weighted by Gasteiger charge is 2.35. The number of amides is 2. The van der Waals surface area contributed by atoms with Crippen LogP contribution < -0.4 is 5.73 Å². The first-order chi connectivity index (χ1) is 6.18. The van der Waals surface area contributed by atoms with Gasteiger partial charge in [0.05, 0.1) is 0 Å². The highest BCUT2D eigenvalue weighted by Crippen LogP contribution is 2.25. The second kappa shape index (κ2) is 2.96. The molecule has 2 aliphatic rings. The molecule has 70 valence electrons. The fraction of sp³-hybridized carbons (Fsp3) is 0.556. The van der Waals surface area contributed by atoms with E-state index in [1.165, 1.54) is 17.1 Å². The molecule has 4 heteroatoms. The Balaban J connectivity index is 2.09. The maximum atomic E-state index is 11.3. The van der Waals surface area contributed by atoms with Crippen molar-refractivity contribution in [1.29, 1.82) is 0 Å². The lowest BCUT2D eigenvalue weighted by Gasteiger charge is -2.21. The number of carbonyl (C=O) groups excluding carboxylic acids is 2. The van der Waals surface area contributed by atoms with Crippen molar-refractivity contribution in [3.05, 3.63) is 12.2 Å². The Morgan fingerprint density at radius 3 is 2.31 bits per heavy atom. The van der Waals surface area contributed by atoms with E-state index in [4.69, 9.17) is 5.73 Å². The number of hydrogen-bond acceptors (Lipinski definition) is 3. The highest BCUT2D eigenvalue weighted by atomic mass is 16.2. The molecule has 0 spiro atoms. The molecule has 1 saturated carbocycles. The lowest BCUT2D eigenvalue weighted by atomic mass is 10.2. The minimum Gasteiger partial charge on any atom is -0.328 e. The summed E-state index contributed by atoms with van der Waals surface area (Å²) in [5.74, 6) is -0.381. The van der Waals surface area contributed by atoms with Crippen LogP contribution in [0.5, 0.6) is 0 Å². The predicted octanol–water partition coefficient (Wildman–Crippen LogP) is -0.209. The predicted molar refractivity (Wildman–Crippen MR) is 46.6 cm³/mol. The van der Waals surface area contributed by atoms with Gasteiger partial charge in [-0.1, -0.05) is 0 Å². The maximum Gasteiger partial charge on any atom is 0.253 e. The zero-order valence-electron chi connectivity index (χ0n) is 7.27. The lowest BCUT2D eigenvalue weighted by Crippen LogP contribution is -2.39. The summed E-state index contributed by atoms with van der Waals surface area (Å²) in [4.78, 5) is 23.8. The van der Waals surface area contributed by atoms with Crippen LogP contribution in [0.4, 0.5) is 0 Å². The molecule has 0 bridgehead atoms. The van der Waals surface area contributed by atoms with Gasteiger partial charge in [-0.2, -0.15) is 0 Å². The van der Waals surface area contributed by atoms with Crippen LogP contribution in [0.25, 0.3) is 0 Å². The van der Waals surface area contributed by atoms with E-state index in [1.54, 1.807) is 0 Å². The third-order valence-electron chi connectivity index (χ3n) is 2.65. The van der Waals surface area contributed by atoms with E-state index in [0.29, 0.717) is 0 Å². The van der Waals surface area contributed by atoms with Gasteiger partial charge in [-0.15, -0.1) is 0 Å². The van der Waals surface area contributed by atoms with E-state index in [-0.39, 0.29) is 23.9 Å². The van der Waals surface area contributed by atoms with Gasteiger partial charge in [-0.05, 0) is 19.3 Å². The quantitative estimate of drug-likeness (QED) is 0.568. The van der Waals surface area contributed by atoms with E-state index in [9.17, 15) is 9.59 Å². The molecule has 0 aromatic carbocycles. The number of carbonyl (C=O) groups is 2. The topological polar surface area (TPSA) is 63.4 Å². The first-order valence-corrected chi connectivity index (χ1v) is 4.49. The largest absolute Gasteiger partial charge is 0.328 e. The van der Waals surface area contributed by atoms with E-state index in [1.807, 2.05) is 0 Å². The van der Waals surface area contributed by atoms with Crippen LogP contribution in [0, 0.1) is 0 Å². The molecule has 0 aromatic heterocycles. The molecule has 1 aliphatic carbocycles. The number of hydrogen-bond donors (Lipinski definition) is 1. The van der Waals surface area contributed by atoms with E-state index < -0.39 is 0 Å². The number of nitrogens with two attached hydrogens (primary N) is 1. The fourth-order valence-electron chi connectivity index (χ4n) is 2.00. The molecule has 0 saturated heterocycles. The van der Waals surface area contributed by atoms with E-state index in [2.05, 4.69) is 0 Å². The van der Waals surface area contributed by atoms with Crippen molar-refractivity contribution in [2.75, 3.05) is 0 Å². The zero-order chi connectivity index (χ0) is 9.42. The van der Waals surface area contributed by atoms with Crippen molar-refractivity contribution in [2.24, 2.45) is 5.73 Å². The van der Waals surface area contributed by atoms with Gasteiger partial charge in [-0.25, -0.2) is 0 Å². The molecular formula is C9H12N2O2. The average molecular weight is 180 g/mol. The Morgan fingerprint density at radius 1 is 1.23 bits per heavy atom. The Bertz CT molecular complexity index is 267. The standard InChI is InChI=1S/C9H12N2O2/c10-6-1-2-7(5-6)11-8(12)3-4-9(11)13/h3-4,6-7H,1-2,5,10H2. The summed E-state index contributed by atoms with van der Waals surface area (Å²) >= 11 is 0. The SMILES string of the molecule is NC1CCC(N2C(=O)C=CC2=O)C1. The van der Waals surface area contributed by atoms with Crippen molar-refractivity contribution < 1.29 is 9.59 Å². The molecule has 2 rings (SSSR count). The van der Waals surface area contributed by atoms with Crippen molar-refractivity contribution >= 4 is 11.8 Å². The Labute approximate surface area is 76.4 Å².